The van der Waals surface area contributed by atoms with Crippen LogP contribution >= 0.6 is 11.6 Å². The normalized spacial score (nSPS) is 11.8. The topological polar surface area (TPSA) is 26.0 Å². The molecule has 0 spiro atoms. The quantitative estimate of drug-likeness (QED) is 0.820. The van der Waals surface area contributed by atoms with Crippen molar-refractivity contribution in [3.05, 3.63) is 34.3 Å². The van der Waals surface area contributed by atoms with Crippen molar-refractivity contribution >= 4 is 11.6 Å². The molecule has 0 bridgehead atoms. The molecule has 0 heterocycles. The van der Waals surface area contributed by atoms with Crippen LogP contribution in [0.15, 0.2) is 18.2 Å². The van der Waals surface area contributed by atoms with Gasteiger partial charge in [-0.25, -0.2) is 0 Å². The Kier molecular flexibility index (Phi) is 3.39. The van der Waals surface area contributed by atoms with Crippen molar-refractivity contribution in [2.45, 2.75) is 12.6 Å². The molecule has 1 rings (SSSR count). The van der Waals surface area contributed by atoms with Crippen LogP contribution in [0.2, 0.25) is 5.02 Å². The Bertz CT molecular complexity index is 322. The summed E-state index contributed by atoms with van der Waals surface area (Å²) >= 11 is 5.66. The molecular formula is C9H9ClF3N. The molecule has 0 aliphatic carbocycles. The summed E-state index contributed by atoms with van der Waals surface area (Å²) in [5.74, 6) is 0. The van der Waals surface area contributed by atoms with Crippen molar-refractivity contribution in [1.29, 1.82) is 0 Å². The van der Waals surface area contributed by atoms with Crippen molar-refractivity contribution < 1.29 is 13.2 Å². The van der Waals surface area contributed by atoms with E-state index in [0.29, 0.717) is 18.5 Å². The lowest BCUT2D eigenvalue weighted by atomic mass is 10.1. The van der Waals surface area contributed by atoms with Crippen LogP contribution in [-0.2, 0) is 12.6 Å². The van der Waals surface area contributed by atoms with Crippen molar-refractivity contribution in [3.63, 3.8) is 0 Å². The number of alkyl halides is 3. The van der Waals surface area contributed by atoms with E-state index in [4.69, 9.17) is 17.3 Å². The van der Waals surface area contributed by atoms with Crippen LogP contribution in [0.5, 0.6) is 0 Å². The maximum absolute atomic E-state index is 12.2. The predicted molar refractivity (Wildman–Crippen MR) is 49.2 cm³/mol. The van der Waals surface area contributed by atoms with Gasteiger partial charge in [-0.15, -0.1) is 0 Å². The Morgan fingerprint density at radius 1 is 1.29 bits per heavy atom. The van der Waals surface area contributed by atoms with Crippen LogP contribution in [0.4, 0.5) is 13.2 Å². The van der Waals surface area contributed by atoms with Crippen molar-refractivity contribution in [3.8, 4) is 0 Å². The smallest absolute Gasteiger partial charge is 0.330 e. The first-order valence-corrected chi connectivity index (χ1v) is 4.38. The van der Waals surface area contributed by atoms with E-state index < -0.39 is 11.7 Å². The van der Waals surface area contributed by atoms with Gasteiger partial charge < -0.3 is 5.73 Å². The number of hydrogen-bond acceptors (Lipinski definition) is 1. The lowest BCUT2D eigenvalue weighted by Crippen LogP contribution is -2.07. The van der Waals surface area contributed by atoms with Gasteiger partial charge in [0.2, 0.25) is 0 Å². The average Bonchev–Trinajstić information content (AvgIpc) is 2.07. The fourth-order valence-corrected chi connectivity index (χ4v) is 1.36. The molecule has 0 atom stereocenters. The van der Waals surface area contributed by atoms with Crippen LogP contribution in [0.3, 0.4) is 0 Å². The molecule has 5 heteroatoms. The molecule has 0 unspecified atom stereocenters. The molecule has 2 N–H and O–H groups in total. The van der Waals surface area contributed by atoms with E-state index in [0.717, 1.165) is 12.1 Å². The maximum atomic E-state index is 12.2. The number of hydrogen-bond donors (Lipinski definition) is 1. The molecule has 0 fully saturated rings. The van der Waals surface area contributed by atoms with Crippen LogP contribution in [-0.4, -0.2) is 6.54 Å². The first-order valence-electron chi connectivity index (χ1n) is 4.01. The fraction of sp³-hybridized carbons (Fsp3) is 0.333. The molecule has 78 valence electrons. The fourth-order valence-electron chi connectivity index (χ4n) is 1.08. The Balaban J connectivity index is 3.01. The van der Waals surface area contributed by atoms with E-state index in [-0.39, 0.29) is 5.02 Å². The summed E-state index contributed by atoms with van der Waals surface area (Å²) < 4.78 is 36.6. The third-order valence-corrected chi connectivity index (χ3v) is 2.15. The maximum Gasteiger partial charge on any atom is 0.416 e. The van der Waals surface area contributed by atoms with E-state index in [1.807, 2.05) is 0 Å². The number of nitrogens with two attached hydrogens (primary N) is 1. The molecule has 0 aliphatic rings. The second kappa shape index (κ2) is 4.19. The molecule has 0 aliphatic heterocycles. The second-order valence-corrected chi connectivity index (χ2v) is 3.25. The van der Waals surface area contributed by atoms with Gasteiger partial charge >= 0.3 is 6.18 Å². The largest absolute Gasteiger partial charge is 0.416 e. The van der Waals surface area contributed by atoms with Gasteiger partial charge in [0.25, 0.3) is 0 Å². The molecule has 0 saturated heterocycles. The molecule has 1 nitrogen and oxygen atoms in total. The zero-order valence-electron chi connectivity index (χ0n) is 7.24. The van der Waals surface area contributed by atoms with Crippen LogP contribution in [0.1, 0.15) is 11.1 Å². The van der Waals surface area contributed by atoms with Crippen LogP contribution in [0, 0.1) is 0 Å². The first kappa shape index (κ1) is 11.3. The lowest BCUT2D eigenvalue weighted by molar-refractivity contribution is -0.137. The van der Waals surface area contributed by atoms with E-state index in [1.54, 1.807) is 0 Å². The number of halogens is 4. The summed E-state index contributed by atoms with van der Waals surface area (Å²) in [6.07, 6.45) is -3.86. The second-order valence-electron chi connectivity index (χ2n) is 2.84. The van der Waals surface area contributed by atoms with E-state index in [1.165, 1.54) is 6.07 Å². The minimum atomic E-state index is -4.34. The van der Waals surface area contributed by atoms with Gasteiger partial charge in [-0.05, 0) is 30.7 Å². The average molecular weight is 224 g/mol. The summed E-state index contributed by atoms with van der Waals surface area (Å²) in [5.41, 5.74) is 5.18. The zero-order valence-corrected chi connectivity index (χ0v) is 7.99. The van der Waals surface area contributed by atoms with Gasteiger partial charge in [-0.2, -0.15) is 13.2 Å². The Morgan fingerprint density at radius 2 is 1.93 bits per heavy atom. The van der Waals surface area contributed by atoms with E-state index >= 15 is 0 Å². The highest BCUT2D eigenvalue weighted by Crippen LogP contribution is 2.32. The van der Waals surface area contributed by atoms with E-state index in [2.05, 4.69) is 0 Å². The molecule has 1 aromatic carbocycles. The first-order chi connectivity index (χ1) is 6.45. The van der Waals surface area contributed by atoms with Gasteiger partial charge in [-0.1, -0.05) is 17.7 Å². The van der Waals surface area contributed by atoms with Gasteiger partial charge in [0.1, 0.15) is 0 Å². The minimum absolute atomic E-state index is 0.116. The minimum Gasteiger partial charge on any atom is -0.330 e. The molecule has 1 aromatic rings. The SMILES string of the molecule is NCCc1ccc(C(F)(F)F)cc1Cl. The molecule has 0 aromatic heterocycles. The standard InChI is InChI=1S/C9H9ClF3N/c10-8-5-7(9(11,12)13)2-1-6(8)3-4-14/h1-2,5H,3-4,14H2. The third kappa shape index (κ3) is 2.62. The Morgan fingerprint density at radius 3 is 2.36 bits per heavy atom. The molecule has 0 radical (unpaired) electrons. The summed E-state index contributed by atoms with van der Waals surface area (Å²) in [6.45, 7) is 0.366. The molecule has 0 saturated carbocycles. The Hall–Kier alpha value is -0.740. The van der Waals surface area contributed by atoms with Crippen molar-refractivity contribution in [1.82, 2.24) is 0 Å². The molecule has 0 amide bonds. The summed E-state index contributed by atoms with van der Waals surface area (Å²) in [6, 6.07) is 3.29. The van der Waals surface area contributed by atoms with Gasteiger partial charge in [0.05, 0.1) is 5.56 Å². The lowest BCUT2D eigenvalue weighted by Gasteiger charge is -2.09. The summed E-state index contributed by atoms with van der Waals surface area (Å²) in [7, 11) is 0. The predicted octanol–water partition coefficient (Wildman–Crippen LogP) is 2.86. The highest BCUT2D eigenvalue weighted by atomic mass is 35.5. The monoisotopic (exact) mass is 223 g/mol. The van der Waals surface area contributed by atoms with Gasteiger partial charge in [0.15, 0.2) is 0 Å². The molecular weight excluding hydrogens is 215 g/mol. The van der Waals surface area contributed by atoms with Crippen molar-refractivity contribution in [2.75, 3.05) is 6.54 Å². The van der Waals surface area contributed by atoms with Crippen LogP contribution in [0.25, 0.3) is 0 Å². The van der Waals surface area contributed by atoms with Crippen LogP contribution < -0.4 is 5.73 Å². The zero-order chi connectivity index (χ0) is 10.8. The van der Waals surface area contributed by atoms with Gasteiger partial charge in [0, 0.05) is 5.02 Å². The summed E-state index contributed by atoms with van der Waals surface area (Å²) in [5, 5.41) is 0.116. The number of rotatable bonds is 2. The summed E-state index contributed by atoms with van der Waals surface area (Å²) in [4.78, 5) is 0. The number of benzene rings is 1. The third-order valence-electron chi connectivity index (χ3n) is 1.79. The highest BCUT2D eigenvalue weighted by molar-refractivity contribution is 6.31. The Labute approximate surface area is 84.7 Å². The van der Waals surface area contributed by atoms with Crippen molar-refractivity contribution in [2.24, 2.45) is 5.73 Å². The van der Waals surface area contributed by atoms with Gasteiger partial charge in [-0.3, -0.25) is 0 Å². The highest BCUT2D eigenvalue weighted by Gasteiger charge is 2.30. The van der Waals surface area contributed by atoms with E-state index in [9.17, 15) is 13.2 Å². The molecule has 14 heavy (non-hydrogen) atoms.